The molecule has 3 aliphatic rings. The van der Waals surface area contributed by atoms with Crippen molar-refractivity contribution in [1.82, 2.24) is 9.80 Å². The average molecular weight is 348 g/mol. The molecular weight excluding hydrogens is 324 g/mol. The maximum atomic E-state index is 12.8. The highest BCUT2D eigenvalue weighted by molar-refractivity contribution is 7.92. The van der Waals surface area contributed by atoms with E-state index in [1.807, 2.05) is 23.1 Å². The number of carbonyl (C=O) groups is 1. The first-order valence-electron chi connectivity index (χ1n) is 8.80. The molecule has 0 bridgehead atoms. The van der Waals surface area contributed by atoms with E-state index < -0.39 is 9.84 Å². The van der Waals surface area contributed by atoms with Gasteiger partial charge >= 0.3 is 0 Å². The molecule has 1 aromatic carbocycles. The predicted octanol–water partition coefficient (Wildman–Crippen LogP) is 1.30. The first-order chi connectivity index (χ1) is 11.5. The molecule has 0 unspecified atom stereocenters. The van der Waals surface area contributed by atoms with Gasteiger partial charge in [-0.15, -0.1) is 0 Å². The van der Waals surface area contributed by atoms with Crippen molar-refractivity contribution in [1.29, 1.82) is 0 Å². The van der Waals surface area contributed by atoms with E-state index in [4.69, 9.17) is 0 Å². The second-order valence-corrected chi connectivity index (χ2v) is 9.73. The molecule has 130 valence electrons. The molecule has 1 amide bonds. The van der Waals surface area contributed by atoms with Gasteiger partial charge in [-0.2, -0.15) is 0 Å². The van der Waals surface area contributed by atoms with Crippen LogP contribution in [0, 0.1) is 5.92 Å². The van der Waals surface area contributed by atoms with Crippen LogP contribution in [0.1, 0.15) is 24.8 Å². The lowest BCUT2D eigenvalue weighted by Gasteiger charge is -2.26. The summed E-state index contributed by atoms with van der Waals surface area (Å²) in [5.74, 6) is 0.691. The standard InChI is InChI=1S/C18H24N2O3S/c21-18(13-19-11-15-8-9-24(22,23)17(15)12-19)20(16-6-7-16)10-14-4-2-1-3-5-14/h1-5,15-17H,6-13H2/t15-,17+/m0/s1. The minimum atomic E-state index is -2.93. The molecule has 5 nitrogen and oxygen atoms in total. The fourth-order valence-corrected chi connectivity index (χ4v) is 6.26. The maximum absolute atomic E-state index is 12.8. The number of fused-ring (bicyclic) bond motifs is 1. The SMILES string of the molecule is O=C(CN1C[C@@H]2CCS(=O)(=O)[C@@H]2C1)N(Cc1ccccc1)C1CC1. The molecule has 0 radical (unpaired) electrons. The summed E-state index contributed by atoms with van der Waals surface area (Å²) in [4.78, 5) is 16.8. The van der Waals surface area contributed by atoms with Crippen molar-refractivity contribution >= 4 is 15.7 Å². The minimum Gasteiger partial charge on any atom is -0.334 e. The van der Waals surface area contributed by atoms with Crippen LogP contribution in [0.15, 0.2) is 30.3 Å². The van der Waals surface area contributed by atoms with E-state index in [1.54, 1.807) is 0 Å². The van der Waals surface area contributed by atoms with E-state index in [-0.39, 0.29) is 17.1 Å². The van der Waals surface area contributed by atoms with Gasteiger partial charge in [-0.25, -0.2) is 8.42 Å². The summed E-state index contributed by atoms with van der Waals surface area (Å²) in [6.45, 7) is 2.29. The molecule has 2 atom stereocenters. The summed E-state index contributed by atoms with van der Waals surface area (Å²) < 4.78 is 24.1. The molecule has 0 N–H and O–H groups in total. The Bertz CT molecular complexity index is 715. The Balaban J connectivity index is 1.40. The van der Waals surface area contributed by atoms with Crippen molar-refractivity contribution < 1.29 is 13.2 Å². The molecular formula is C18H24N2O3S. The normalized spacial score (nSPS) is 28.7. The Morgan fingerprint density at radius 1 is 1.12 bits per heavy atom. The van der Waals surface area contributed by atoms with Crippen molar-refractivity contribution in [3.05, 3.63) is 35.9 Å². The molecule has 2 aliphatic heterocycles. The summed E-state index contributed by atoms with van der Waals surface area (Å²) in [7, 11) is -2.93. The zero-order valence-electron chi connectivity index (χ0n) is 13.8. The van der Waals surface area contributed by atoms with Gasteiger partial charge in [0.1, 0.15) is 0 Å². The highest BCUT2D eigenvalue weighted by Gasteiger charge is 2.46. The number of hydrogen-bond donors (Lipinski definition) is 0. The molecule has 0 spiro atoms. The molecule has 2 saturated heterocycles. The van der Waals surface area contributed by atoms with Crippen LogP contribution in [0.25, 0.3) is 0 Å². The Morgan fingerprint density at radius 2 is 1.88 bits per heavy atom. The summed E-state index contributed by atoms with van der Waals surface area (Å²) in [6, 6.07) is 10.4. The molecule has 24 heavy (non-hydrogen) atoms. The third-order valence-corrected chi connectivity index (χ3v) is 7.81. The largest absolute Gasteiger partial charge is 0.334 e. The molecule has 4 rings (SSSR count). The van der Waals surface area contributed by atoms with Crippen molar-refractivity contribution in [2.24, 2.45) is 5.92 Å². The van der Waals surface area contributed by atoms with Crippen molar-refractivity contribution in [2.75, 3.05) is 25.4 Å². The smallest absolute Gasteiger partial charge is 0.237 e. The fraction of sp³-hybridized carbons (Fsp3) is 0.611. The number of rotatable bonds is 5. The van der Waals surface area contributed by atoms with Gasteiger partial charge < -0.3 is 4.90 Å². The molecule has 1 aromatic rings. The lowest BCUT2D eigenvalue weighted by Crippen LogP contribution is -2.41. The van der Waals surface area contributed by atoms with Gasteiger partial charge in [-0.05, 0) is 30.7 Å². The van der Waals surface area contributed by atoms with Gasteiger partial charge in [0, 0.05) is 25.7 Å². The van der Waals surface area contributed by atoms with Crippen LogP contribution >= 0.6 is 0 Å². The second kappa shape index (κ2) is 6.15. The van der Waals surface area contributed by atoms with E-state index in [9.17, 15) is 13.2 Å². The van der Waals surface area contributed by atoms with Gasteiger partial charge in [0.2, 0.25) is 5.91 Å². The van der Waals surface area contributed by atoms with Crippen LogP contribution in [-0.2, 0) is 21.2 Å². The molecule has 6 heteroatoms. The second-order valence-electron chi connectivity index (χ2n) is 7.39. The van der Waals surface area contributed by atoms with Gasteiger partial charge in [-0.3, -0.25) is 9.69 Å². The number of carbonyl (C=O) groups excluding carboxylic acids is 1. The monoisotopic (exact) mass is 348 g/mol. The fourth-order valence-electron chi connectivity index (χ4n) is 4.08. The predicted molar refractivity (Wildman–Crippen MR) is 92.1 cm³/mol. The molecule has 0 aromatic heterocycles. The Labute approximate surface area is 143 Å². The third-order valence-electron chi connectivity index (χ3n) is 5.55. The Hall–Kier alpha value is -1.40. The van der Waals surface area contributed by atoms with Crippen molar-refractivity contribution in [3.63, 3.8) is 0 Å². The van der Waals surface area contributed by atoms with Crippen LogP contribution in [0.3, 0.4) is 0 Å². The van der Waals surface area contributed by atoms with Gasteiger partial charge in [0.25, 0.3) is 0 Å². The molecule has 3 fully saturated rings. The topological polar surface area (TPSA) is 57.7 Å². The van der Waals surface area contributed by atoms with E-state index in [2.05, 4.69) is 17.0 Å². The maximum Gasteiger partial charge on any atom is 0.237 e. The zero-order valence-corrected chi connectivity index (χ0v) is 14.6. The van der Waals surface area contributed by atoms with E-state index in [1.165, 1.54) is 0 Å². The highest BCUT2D eigenvalue weighted by Crippen LogP contribution is 2.34. The lowest BCUT2D eigenvalue weighted by atomic mass is 10.1. The number of hydrogen-bond acceptors (Lipinski definition) is 4. The summed E-state index contributed by atoms with van der Waals surface area (Å²) >= 11 is 0. The van der Waals surface area contributed by atoms with E-state index in [0.29, 0.717) is 31.4 Å². The summed E-state index contributed by atoms with van der Waals surface area (Å²) in [6.07, 6.45) is 2.92. The summed E-state index contributed by atoms with van der Waals surface area (Å²) in [5.41, 5.74) is 1.15. The first kappa shape index (κ1) is 16.1. The average Bonchev–Trinajstić information content (AvgIpc) is 3.25. The molecule has 1 saturated carbocycles. The molecule has 1 aliphatic carbocycles. The Morgan fingerprint density at radius 3 is 2.54 bits per heavy atom. The number of likely N-dealkylation sites (tertiary alicyclic amines) is 1. The van der Waals surface area contributed by atoms with Gasteiger partial charge in [0.05, 0.1) is 17.5 Å². The third kappa shape index (κ3) is 3.22. The number of nitrogens with zero attached hydrogens (tertiary/aromatic N) is 2. The zero-order chi connectivity index (χ0) is 16.7. The number of sulfone groups is 1. The van der Waals surface area contributed by atoms with Gasteiger partial charge in [0.15, 0.2) is 9.84 Å². The lowest BCUT2D eigenvalue weighted by molar-refractivity contribution is -0.133. The van der Waals surface area contributed by atoms with Crippen LogP contribution in [-0.4, -0.2) is 60.8 Å². The van der Waals surface area contributed by atoms with Crippen LogP contribution < -0.4 is 0 Å². The van der Waals surface area contributed by atoms with Gasteiger partial charge in [-0.1, -0.05) is 30.3 Å². The quantitative estimate of drug-likeness (QED) is 0.805. The van der Waals surface area contributed by atoms with Crippen molar-refractivity contribution in [2.45, 2.75) is 37.1 Å². The van der Waals surface area contributed by atoms with E-state index in [0.717, 1.165) is 31.4 Å². The van der Waals surface area contributed by atoms with Crippen LogP contribution in [0.5, 0.6) is 0 Å². The number of amides is 1. The molecule has 2 heterocycles. The van der Waals surface area contributed by atoms with E-state index >= 15 is 0 Å². The Kier molecular flexibility index (Phi) is 4.12. The van der Waals surface area contributed by atoms with Crippen LogP contribution in [0.4, 0.5) is 0 Å². The first-order valence-corrected chi connectivity index (χ1v) is 10.5. The summed E-state index contributed by atoms with van der Waals surface area (Å²) in [5, 5.41) is -0.242. The highest BCUT2D eigenvalue weighted by atomic mass is 32.2. The van der Waals surface area contributed by atoms with Crippen molar-refractivity contribution in [3.8, 4) is 0 Å². The van der Waals surface area contributed by atoms with Crippen LogP contribution in [0.2, 0.25) is 0 Å². The minimum absolute atomic E-state index is 0.138. The number of benzene rings is 1.